The van der Waals surface area contributed by atoms with Gasteiger partial charge in [0.1, 0.15) is 5.75 Å². The van der Waals surface area contributed by atoms with Crippen molar-refractivity contribution in [3.05, 3.63) is 64.8 Å². The number of amides is 1. The summed E-state index contributed by atoms with van der Waals surface area (Å²) in [6.07, 6.45) is 3.99. The van der Waals surface area contributed by atoms with Gasteiger partial charge in [0.05, 0.1) is 54.1 Å². The molecule has 4 rings (SSSR count). The number of aromatic nitrogens is 2. The molecule has 2 heterocycles. The summed E-state index contributed by atoms with van der Waals surface area (Å²) in [6, 6.07) is 14.1. The minimum absolute atomic E-state index is 0.108. The van der Waals surface area contributed by atoms with Gasteiger partial charge in [0, 0.05) is 12.7 Å². The molecule has 0 radical (unpaired) electrons. The van der Waals surface area contributed by atoms with Crippen LogP contribution in [-0.4, -0.2) is 46.0 Å². The zero-order valence-electron chi connectivity index (χ0n) is 18.1. The number of imidazole rings is 1. The highest BCUT2D eigenvalue weighted by Gasteiger charge is 2.21. The van der Waals surface area contributed by atoms with E-state index in [1.807, 2.05) is 36.5 Å². The normalized spacial score (nSPS) is 15.4. The first-order valence-corrected chi connectivity index (χ1v) is 11.5. The molecule has 172 valence electrons. The van der Waals surface area contributed by atoms with E-state index in [4.69, 9.17) is 9.47 Å². The Morgan fingerprint density at radius 2 is 2.15 bits per heavy atom. The Balaban J connectivity index is 1.48. The molecule has 0 saturated carbocycles. The minimum atomic E-state index is -0.512. The lowest BCUT2D eigenvalue weighted by molar-refractivity contribution is -0.384. The molecule has 1 aromatic heterocycles. The lowest BCUT2D eigenvalue weighted by Gasteiger charge is -2.16. The molecule has 0 aliphatic carbocycles. The van der Waals surface area contributed by atoms with Crippen molar-refractivity contribution in [2.24, 2.45) is 0 Å². The topological polar surface area (TPSA) is 109 Å². The highest BCUT2D eigenvalue weighted by atomic mass is 32.2. The van der Waals surface area contributed by atoms with Gasteiger partial charge >= 0.3 is 0 Å². The average molecular weight is 469 g/mol. The van der Waals surface area contributed by atoms with Crippen LogP contribution in [0.4, 0.5) is 11.4 Å². The van der Waals surface area contributed by atoms with Crippen LogP contribution in [0, 0.1) is 10.1 Å². The van der Waals surface area contributed by atoms with Crippen molar-refractivity contribution >= 4 is 29.0 Å². The van der Waals surface area contributed by atoms with Gasteiger partial charge in [-0.15, -0.1) is 0 Å². The summed E-state index contributed by atoms with van der Waals surface area (Å²) < 4.78 is 13.1. The van der Waals surface area contributed by atoms with E-state index in [0.29, 0.717) is 12.2 Å². The number of non-ortho nitro benzene ring substituents is 1. The fourth-order valence-corrected chi connectivity index (χ4v) is 4.48. The molecular weight excluding hydrogens is 444 g/mol. The number of thioether (sulfide) groups is 1. The Kier molecular flexibility index (Phi) is 7.26. The lowest BCUT2D eigenvalue weighted by Crippen LogP contribution is -2.18. The van der Waals surface area contributed by atoms with E-state index in [9.17, 15) is 14.9 Å². The number of hydrogen-bond donors (Lipinski definition) is 1. The maximum Gasteiger partial charge on any atom is 0.273 e. The van der Waals surface area contributed by atoms with E-state index < -0.39 is 4.92 Å². The second-order valence-corrected chi connectivity index (χ2v) is 8.46. The molecule has 0 unspecified atom stereocenters. The number of nitrogens with zero attached hydrogens (tertiary/aromatic N) is 3. The third kappa shape index (κ3) is 5.52. The molecule has 3 aromatic rings. The number of carbonyl (C=O) groups is 1. The van der Waals surface area contributed by atoms with Gasteiger partial charge in [-0.1, -0.05) is 42.1 Å². The van der Waals surface area contributed by atoms with Gasteiger partial charge in [0.2, 0.25) is 5.91 Å². The number of ether oxygens (including phenoxy) is 2. The summed E-state index contributed by atoms with van der Waals surface area (Å²) >= 11 is 1.33. The molecule has 0 bridgehead atoms. The van der Waals surface area contributed by atoms with E-state index >= 15 is 0 Å². The number of carbonyl (C=O) groups excluding carboxylic acids is 1. The molecule has 0 spiro atoms. The largest absolute Gasteiger partial charge is 0.494 e. The Bertz CT molecular complexity index is 1130. The van der Waals surface area contributed by atoms with Crippen molar-refractivity contribution in [1.29, 1.82) is 0 Å². The Labute approximate surface area is 195 Å². The zero-order valence-corrected chi connectivity index (χ0v) is 18.9. The van der Waals surface area contributed by atoms with Crippen LogP contribution in [0.2, 0.25) is 0 Å². The molecule has 1 saturated heterocycles. The predicted octanol–water partition coefficient (Wildman–Crippen LogP) is 4.38. The molecule has 1 aliphatic heterocycles. The van der Waals surface area contributed by atoms with Crippen molar-refractivity contribution in [2.75, 3.05) is 24.8 Å². The molecule has 33 heavy (non-hydrogen) atoms. The molecule has 1 fully saturated rings. The van der Waals surface area contributed by atoms with Crippen LogP contribution < -0.4 is 10.1 Å². The first-order chi connectivity index (χ1) is 16.0. The van der Waals surface area contributed by atoms with Crippen molar-refractivity contribution in [1.82, 2.24) is 9.55 Å². The number of hydrogen-bond acceptors (Lipinski definition) is 7. The second kappa shape index (κ2) is 10.5. The summed E-state index contributed by atoms with van der Waals surface area (Å²) in [5.41, 5.74) is 2.30. The lowest BCUT2D eigenvalue weighted by atomic mass is 10.1. The van der Waals surface area contributed by atoms with E-state index in [1.54, 1.807) is 0 Å². The molecule has 1 N–H and O–H groups in total. The van der Waals surface area contributed by atoms with Crippen molar-refractivity contribution in [3.63, 3.8) is 0 Å². The summed E-state index contributed by atoms with van der Waals surface area (Å²) in [6.45, 7) is 1.44. The SMILES string of the molecule is COc1cc([N+](=O)[O-])ccc1NC(=O)CSc1ncc(-c2ccccc2)n1C[C@H]1CCCO1. The van der Waals surface area contributed by atoms with Gasteiger partial charge in [0.15, 0.2) is 5.16 Å². The number of nitrogens with one attached hydrogen (secondary N) is 1. The van der Waals surface area contributed by atoms with Gasteiger partial charge < -0.3 is 19.4 Å². The van der Waals surface area contributed by atoms with Gasteiger partial charge in [-0.05, 0) is 24.5 Å². The molecule has 1 atom stereocenters. The zero-order chi connectivity index (χ0) is 23.2. The van der Waals surface area contributed by atoms with Crippen molar-refractivity contribution in [3.8, 4) is 17.0 Å². The molecule has 10 heteroatoms. The van der Waals surface area contributed by atoms with Crippen molar-refractivity contribution in [2.45, 2.75) is 30.6 Å². The monoisotopic (exact) mass is 468 g/mol. The van der Waals surface area contributed by atoms with Crippen LogP contribution in [0.15, 0.2) is 59.9 Å². The fourth-order valence-electron chi connectivity index (χ4n) is 3.69. The molecular formula is C23H24N4O5S. The van der Waals surface area contributed by atoms with E-state index in [1.165, 1.54) is 37.1 Å². The second-order valence-electron chi connectivity index (χ2n) is 7.52. The summed E-state index contributed by atoms with van der Waals surface area (Å²) in [5, 5.41) is 14.5. The van der Waals surface area contributed by atoms with E-state index in [-0.39, 0.29) is 29.2 Å². The number of benzene rings is 2. The predicted molar refractivity (Wildman–Crippen MR) is 126 cm³/mol. The van der Waals surface area contributed by atoms with Crippen LogP contribution in [0.5, 0.6) is 5.75 Å². The highest BCUT2D eigenvalue weighted by Crippen LogP contribution is 2.31. The summed E-state index contributed by atoms with van der Waals surface area (Å²) in [5.74, 6) is 0.0885. The molecule has 9 nitrogen and oxygen atoms in total. The Hall–Kier alpha value is -3.37. The van der Waals surface area contributed by atoms with E-state index in [0.717, 1.165) is 35.9 Å². The Morgan fingerprint density at radius 3 is 2.85 bits per heavy atom. The van der Waals surface area contributed by atoms with E-state index in [2.05, 4.69) is 14.9 Å². The first kappa shape index (κ1) is 22.8. The first-order valence-electron chi connectivity index (χ1n) is 10.5. The molecule has 2 aromatic carbocycles. The standard InChI is InChI=1S/C23H24N4O5S/c1-31-21-12-17(27(29)30)9-10-19(21)25-22(28)15-33-23-24-13-20(16-6-3-2-4-7-16)26(23)14-18-8-5-11-32-18/h2-4,6-7,9-10,12-13,18H,5,8,11,14-15H2,1H3,(H,25,28)/t18-/m1/s1. The van der Waals surface area contributed by atoms with Gasteiger partial charge in [-0.2, -0.15) is 0 Å². The van der Waals surface area contributed by atoms with Crippen LogP contribution in [-0.2, 0) is 16.1 Å². The van der Waals surface area contributed by atoms with Crippen LogP contribution >= 0.6 is 11.8 Å². The molecule has 1 amide bonds. The maximum atomic E-state index is 12.6. The average Bonchev–Trinajstić information content (AvgIpc) is 3.49. The van der Waals surface area contributed by atoms with Crippen LogP contribution in [0.25, 0.3) is 11.3 Å². The number of anilines is 1. The fraction of sp³-hybridized carbons (Fsp3) is 0.304. The summed E-state index contributed by atoms with van der Waals surface area (Å²) in [4.78, 5) is 27.6. The van der Waals surface area contributed by atoms with Gasteiger partial charge in [0.25, 0.3) is 5.69 Å². The minimum Gasteiger partial charge on any atom is -0.494 e. The van der Waals surface area contributed by atoms with Gasteiger partial charge in [-0.25, -0.2) is 4.98 Å². The smallest absolute Gasteiger partial charge is 0.273 e. The highest BCUT2D eigenvalue weighted by molar-refractivity contribution is 7.99. The number of nitro benzene ring substituents is 1. The molecule has 1 aliphatic rings. The number of rotatable bonds is 9. The quantitative estimate of drug-likeness (QED) is 0.282. The van der Waals surface area contributed by atoms with Crippen LogP contribution in [0.1, 0.15) is 12.8 Å². The number of nitro groups is 1. The Morgan fingerprint density at radius 1 is 1.33 bits per heavy atom. The number of methoxy groups -OCH3 is 1. The summed E-state index contributed by atoms with van der Waals surface area (Å²) in [7, 11) is 1.40. The third-order valence-electron chi connectivity index (χ3n) is 5.30. The van der Waals surface area contributed by atoms with Crippen LogP contribution in [0.3, 0.4) is 0 Å². The van der Waals surface area contributed by atoms with Gasteiger partial charge in [-0.3, -0.25) is 14.9 Å². The third-order valence-corrected chi connectivity index (χ3v) is 6.29. The maximum absolute atomic E-state index is 12.6. The van der Waals surface area contributed by atoms with Crippen molar-refractivity contribution < 1.29 is 19.2 Å².